The first-order valence-corrected chi connectivity index (χ1v) is 9.26. The van der Waals surface area contributed by atoms with Gasteiger partial charge in [0.25, 0.3) is 5.91 Å². The molecule has 0 unspecified atom stereocenters. The molecule has 0 aromatic heterocycles. The molecule has 0 atom stereocenters. The maximum absolute atomic E-state index is 12.0. The highest BCUT2D eigenvalue weighted by Crippen LogP contribution is 2.32. The zero-order chi connectivity index (χ0) is 20.5. The largest absolute Gasteiger partial charge is 0.490 e. The summed E-state index contributed by atoms with van der Waals surface area (Å²) in [4.78, 5) is 35.5. The normalized spacial score (nSPS) is 12.4. The van der Waals surface area contributed by atoms with Crippen LogP contribution in [-0.2, 0) is 25.5 Å². The second kappa shape index (κ2) is 10.1. The van der Waals surface area contributed by atoms with Crippen LogP contribution in [0.1, 0.15) is 12.0 Å². The summed E-state index contributed by atoms with van der Waals surface area (Å²) in [5.41, 5.74) is 1.35. The fraction of sp³-hybridized carbons (Fsp3) is 0.286. The fourth-order valence-electron chi connectivity index (χ4n) is 2.65. The van der Waals surface area contributed by atoms with Crippen molar-refractivity contribution in [2.45, 2.75) is 12.8 Å². The molecule has 2 aromatic rings. The molecule has 8 heteroatoms. The van der Waals surface area contributed by atoms with Crippen LogP contribution in [0.3, 0.4) is 0 Å². The summed E-state index contributed by atoms with van der Waals surface area (Å²) in [6, 6.07) is 14.2. The number of benzene rings is 2. The molecule has 0 saturated carbocycles. The van der Waals surface area contributed by atoms with E-state index in [9.17, 15) is 14.4 Å². The van der Waals surface area contributed by atoms with Crippen molar-refractivity contribution in [2.24, 2.45) is 0 Å². The number of carbonyl (C=O) groups excluding carboxylic acids is 3. The minimum atomic E-state index is -0.694. The van der Waals surface area contributed by atoms with Gasteiger partial charge in [0.2, 0.25) is 5.91 Å². The SMILES string of the molecule is O=C(Cc1ccccc1)NCC(=O)OCC(=O)Nc1ccc2c(c1)OCCCO2. The van der Waals surface area contributed by atoms with Crippen molar-refractivity contribution in [2.75, 3.05) is 31.7 Å². The van der Waals surface area contributed by atoms with Gasteiger partial charge in [0.15, 0.2) is 18.1 Å². The first-order chi connectivity index (χ1) is 14.1. The number of rotatable bonds is 7. The summed E-state index contributed by atoms with van der Waals surface area (Å²) in [5.74, 6) is -0.315. The number of nitrogens with one attached hydrogen (secondary N) is 2. The van der Waals surface area contributed by atoms with Crippen LogP contribution in [0.15, 0.2) is 48.5 Å². The Balaban J connectivity index is 1.38. The van der Waals surface area contributed by atoms with Crippen molar-refractivity contribution in [1.82, 2.24) is 5.32 Å². The van der Waals surface area contributed by atoms with Gasteiger partial charge < -0.3 is 24.8 Å². The Kier molecular flexibility index (Phi) is 7.05. The summed E-state index contributed by atoms with van der Waals surface area (Å²) in [7, 11) is 0. The molecule has 0 fully saturated rings. The third kappa shape index (κ3) is 6.53. The van der Waals surface area contributed by atoms with Crippen molar-refractivity contribution < 1.29 is 28.6 Å². The summed E-state index contributed by atoms with van der Waals surface area (Å²) < 4.78 is 16.0. The average Bonchev–Trinajstić information content (AvgIpc) is 2.96. The molecular formula is C21H22N2O6. The summed E-state index contributed by atoms with van der Waals surface area (Å²) in [6.07, 6.45) is 0.951. The number of fused-ring (bicyclic) bond motifs is 1. The highest BCUT2D eigenvalue weighted by molar-refractivity contribution is 5.93. The molecule has 0 spiro atoms. The minimum Gasteiger partial charge on any atom is -0.490 e. The highest BCUT2D eigenvalue weighted by Gasteiger charge is 2.13. The van der Waals surface area contributed by atoms with Crippen LogP contribution in [0.5, 0.6) is 11.5 Å². The maximum atomic E-state index is 12.0. The Hall–Kier alpha value is -3.55. The van der Waals surface area contributed by atoms with Crippen LogP contribution in [0, 0.1) is 0 Å². The van der Waals surface area contributed by atoms with Gasteiger partial charge in [-0.25, -0.2) is 0 Å². The van der Waals surface area contributed by atoms with E-state index in [0.29, 0.717) is 30.4 Å². The van der Waals surface area contributed by atoms with Gasteiger partial charge in [-0.1, -0.05) is 30.3 Å². The zero-order valence-electron chi connectivity index (χ0n) is 15.8. The lowest BCUT2D eigenvalue weighted by Crippen LogP contribution is -2.33. The Labute approximate surface area is 168 Å². The molecule has 0 aliphatic carbocycles. The van der Waals surface area contributed by atoms with Crippen molar-refractivity contribution >= 4 is 23.5 Å². The van der Waals surface area contributed by atoms with E-state index < -0.39 is 18.5 Å². The van der Waals surface area contributed by atoms with Crippen LogP contribution >= 0.6 is 0 Å². The molecule has 1 aliphatic heterocycles. The molecule has 152 valence electrons. The molecule has 2 aromatic carbocycles. The molecule has 8 nitrogen and oxygen atoms in total. The molecule has 0 saturated heterocycles. The number of carbonyl (C=O) groups is 3. The third-order valence-electron chi connectivity index (χ3n) is 4.03. The molecule has 0 bridgehead atoms. The average molecular weight is 398 g/mol. The van der Waals surface area contributed by atoms with Crippen molar-refractivity contribution in [3.05, 3.63) is 54.1 Å². The van der Waals surface area contributed by atoms with Gasteiger partial charge in [-0.3, -0.25) is 14.4 Å². The van der Waals surface area contributed by atoms with Gasteiger partial charge in [0, 0.05) is 18.2 Å². The Morgan fingerprint density at radius 2 is 1.69 bits per heavy atom. The Morgan fingerprint density at radius 3 is 2.48 bits per heavy atom. The highest BCUT2D eigenvalue weighted by atomic mass is 16.5. The van der Waals surface area contributed by atoms with Gasteiger partial charge in [-0.15, -0.1) is 0 Å². The van der Waals surface area contributed by atoms with Crippen molar-refractivity contribution in [3.8, 4) is 11.5 Å². The van der Waals surface area contributed by atoms with E-state index in [2.05, 4.69) is 10.6 Å². The van der Waals surface area contributed by atoms with E-state index in [-0.39, 0.29) is 18.9 Å². The number of hydrogen-bond acceptors (Lipinski definition) is 6. The van der Waals surface area contributed by atoms with E-state index in [0.717, 1.165) is 12.0 Å². The lowest BCUT2D eigenvalue weighted by molar-refractivity contribution is -0.147. The van der Waals surface area contributed by atoms with Gasteiger partial charge in [-0.2, -0.15) is 0 Å². The standard InChI is InChI=1S/C21H22N2O6/c24-19(11-15-5-2-1-3-6-15)22-13-21(26)29-14-20(25)23-16-7-8-17-18(12-16)28-10-4-9-27-17/h1-3,5-8,12H,4,9-11,13-14H2,(H,22,24)(H,23,25). The Morgan fingerprint density at radius 1 is 0.931 bits per heavy atom. The van der Waals surface area contributed by atoms with E-state index in [1.54, 1.807) is 18.2 Å². The van der Waals surface area contributed by atoms with E-state index >= 15 is 0 Å². The fourth-order valence-corrected chi connectivity index (χ4v) is 2.65. The van der Waals surface area contributed by atoms with E-state index in [1.165, 1.54) is 0 Å². The molecule has 0 radical (unpaired) electrons. The van der Waals surface area contributed by atoms with Crippen molar-refractivity contribution in [1.29, 1.82) is 0 Å². The number of ether oxygens (including phenoxy) is 3. The molecule has 29 heavy (non-hydrogen) atoms. The third-order valence-corrected chi connectivity index (χ3v) is 4.03. The van der Waals surface area contributed by atoms with E-state index in [4.69, 9.17) is 14.2 Å². The molecule has 1 aliphatic rings. The lowest BCUT2D eigenvalue weighted by Gasteiger charge is -2.11. The van der Waals surface area contributed by atoms with Gasteiger partial charge in [-0.05, 0) is 17.7 Å². The van der Waals surface area contributed by atoms with Gasteiger partial charge >= 0.3 is 5.97 Å². The molecule has 1 heterocycles. The van der Waals surface area contributed by atoms with Gasteiger partial charge in [0.1, 0.15) is 6.54 Å². The predicted octanol–water partition coefficient (Wildman–Crippen LogP) is 1.69. The number of amides is 2. The Bertz CT molecular complexity index is 869. The quantitative estimate of drug-likeness (QED) is 0.688. The molecule has 3 rings (SSSR count). The van der Waals surface area contributed by atoms with Crippen LogP contribution in [0.25, 0.3) is 0 Å². The summed E-state index contributed by atoms with van der Waals surface area (Å²) in [5, 5.41) is 5.10. The topological polar surface area (TPSA) is 103 Å². The van der Waals surface area contributed by atoms with Gasteiger partial charge in [0.05, 0.1) is 19.6 Å². The number of esters is 1. The second-order valence-electron chi connectivity index (χ2n) is 6.36. The summed E-state index contributed by atoms with van der Waals surface area (Å²) >= 11 is 0. The molecule has 2 N–H and O–H groups in total. The first kappa shape index (κ1) is 20.2. The number of anilines is 1. The van der Waals surface area contributed by atoms with Crippen LogP contribution in [-0.4, -0.2) is 44.1 Å². The van der Waals surface area contributed by atoms with Crippen LogP contribution < -0.4 is 20.1 Å². The van der Waals surface area contributed by atoms with E-state index in [1.807, 2.05) is 30.3 Å². The first-order valence-electron chi connectivity index (χ1n) is 9.26. The second-order valence-corrected chi connectivity index (χ2v) is 6.36. The lowest BCUT2D eigenvalue weighted by atomic mass is 10.1. The molecule has 2 amide bonds. The van der Waals surface area contributed by atoms with Crippen LogP contribution in [0.2, 0.25) is 0 Å². The van der Waals surface area contributed by atoms with Crippen molar-refractivity contribution in [3.63, 3.8) is 0 Å². The minimum absolute atomic E-state index is 0.165. The summed E-state index contributed by atoms with van der Waals surface area (Å²) in [6.45, 7) is 0.360. The number of hydrogen-bond donors (Lipinski definition) is 2. The smallest absolute Gasteiger partial charge is 0.325 e. The predicted molar refractivity (Wildman–Crippen MR) is 105 cm³/mol. The zero-order valence-corrected chi connectivity index (χ0v) is 15.8. The van der Waals surface area contributed by atoms with Crippen LogP contribution in [0.4, 0.5) is 5.69 Å². The molecular weight excluding hydrogens is 376 g/mol. The monoisotopic (exact) mass is 398 g/mol. The maximum Gasteiger partial charge on any atom is 0.325 e.